The fourth-order valence-corrected chi connectivity index (χ4v) is 3.43. The molecule has 1 atom stereocenters. The molecule has 0 bridgehead atoms. The highest BCUT2D eigenvalue weighted by Gasteiger charge is 2.27. The summed E-state index contributed by atoms with van der Waals surface area (Å²) in [5.41, 5.74) is 3.98. The van der Waals surface area contributed by atoms with E-state index in [4.69, 9.17) is 0 Å². The van der Waals surface area contributed by atoms with Gasteiger partial charge in [-0.05, 0) is 12.8 Å². The summed E-state index contributed by atoms with van der Waals surface area (Å²) in [5.74, 6) is 1.01. The van der Waals surface area contributed by atoms with Crippen LogP contribution >= 0.6 is 0 Å². The van der Waals surface area contributed by atoms with Crippen molar-refractivity contribution in [2.24, 2.45) is 5.92 Å². The van der Waals surface area contributed by atoms with E-state index in [0.717, 1.165) is 47.8 Å². The smallest absolute Gasteiger partial charge is 0.228 e. The third-order valence-corrected chi connectivity index (χ3v) is 4.83. The number of anilines is 1. The van der Waals surface area contributed by atoms with Gasteiger partial charge in [0, 0.05) is 36.3 Å². The third-order valence-electron chi connectivity index (χ3n) is 4.83. The Morgan fingerprint density at radius 3 is 2.96 bits per heavy atom. The number of aromatic amines is 1. The summed E-state index contributed by atoms with van der Waals surface area (Å²) in [6, 6.07) is 10.2. The number of amides is 1. The third kappa shape index (κ3) is 2.95. The van der Waals surface area contributed by atoms with E-state index in [1.165, 1.54) is 0 Å². The Bertz CT molecular complexity index is 880. The van der Waals surface area contributed by atoms with Gasteiger partial charge in [0.2, 0.25) is 5.91 Å². The maximum atomic E-state index is 12.6. The van der Waals surface area contributed by atoms with E-state index in [0.29, 0.717) is 6.42 Å². The number of fused-ring (bicyclic) bond motifs is 1. The predicted molar refractivity (Wildman–Crippen MR) is 96.1 cm³/mol. The number of nitrogens with one attached hydrogen (secondary N) is 2. The van der Waals surface area contributed by atoms with Crippen LogP contribution < -0.4 is 5.32 Å². The Hall–Kier alpha value is -2.89. The summed E-state index contributed by atoms with van der Waals surface area (Å²) in [7, 11) is 0. The highest BCUT2D eigenvalue weighted by atomic mass is 16.1. The summed E-state index contributed by atoms with van der Waals surface area (Å²) in [6.07, 6.45) is 5.92. The van der Waals surface area contributed by atoms with Gasteiger partial charge in [0.05, 0.1) is 17.6 Å². The molecule has 2 aromatic heterocycles. The number of carbonyl (C=O) groups excluding carboxylic acids is 1. The van der Waals surface area contributed by atoms with Crippen LogP contribution in [0.1, 0.15) is 24.7 Å². The Kier molecular flexibility index (Phi) is 4.09. The number of hydrogen-bond donors (Lipinski definition) is 2. The second-order valence-corrected chi connectivity index (χ2v) is 6.39. The summed E-state index contributed by atoms with van der Waals surface area (Å²) in [6.45, 7) is 2.84. The second kappa shape index (κ2) is 6.55. The molecule has 4 rings (SSSR count). The first kappa shape index (κ1) is 15.6. The van der Waals surface area contributed by atoms with Crippen molar-refractivity contribution in [3.05, 3.63) is 54.1 Å². The van der Waals surface area contributed by atoms with E-state index in [1.54, 1.807) is 6.20 Å². The summed E-state index contributed by atoms with van der Waals surface area (Å²) in [5, 5.41) is 9.95. The predicted octanol–water partition coefficient (Wildman–Crippen LogP) is 3.04. The van der Waals surface area contributed by atoms with Gasteiger partial charge in [-0.15, -0.1) is 0 Å². The lowest BCUT2D eigenvalue weighted by molar-refractivity contribution is -0.120. The minimum atomic E-state index is -0.0348. The molecule has 128 valence electrons. The number of H-pyrrole nitrogens is 1. The Morgan fingerprint density at radius 2 is 2.16 bits per heavy atom. The van der Waals surface area contributed by atoms with Gasteiger partial charge in [0.1, 0.15) is 5.82 Å². The number of rotatable bonds is 4. The molecule has 0 spiro atoms. The zero-order chi connectivity index (χ0) is 17.2. The van der Waals surface area contributed by atoms with Crippen molar-refractivity contribution in [1.29, 1.82) is 0 Å². The van der Waals surface area contributed by atoms with Crippen molar-refractivity contribution in [3.63, 3.8) is 0 Å². The standard InChI is InChI=1S/C19H21N5O/c1-2-16-17(12-21-23-16)22-19(25)14-8-9-24-15(10-14)11-20-18(24)13-6-4-3-5-7-13/h3-7,11-12,14H,2,8-10H2,1H3,(H,21,23)(H,22,25). The van der Waals surface area contributed by atoms with Gasteiger partial charge >= 0.3 is 0 Å². The Balaban J connectivity index is 1.50. The molecule has 25 heavy (non-hydrogen) atoms. The van der Waals surface area contributed by atoms with Crippen molar-refractivity contribution < 1.29 is 4.79 Å². The van der Waals surface area contributed by atoms with E-state index in [1.807, 2.05) is 31.3 Å². The number of nitrogens with zero attached hydrogens (tertiary/aromatic N) is 3. The minimum Gasteiger partial charge on any atom is -0.328 e. The van der Waals surface area contributed by atoms with Crippen LogP contribution in [0, 0.1) is 5.92 Å². The van der Waals surface area contributed by atoms with E-state index in [9.17, 15) is 4.79 Å². The van der Waals surface area contributed by atoms with E-state index < -0.39 is 0 Å². The summed E-state index contributed by atoms with van der Waals surface area (Å²) < 4.78 is 2.23. The Labute approximate surface area is 146 Å². The summed E-state index contributed by atoms with van der Waals surface area (Å²) in [4.78, 5) is 17.2. The molecule has 0 aliphatic carbocycles. The first-order valence-electron chi connectivity index (χ1n) is 8.69. The number of carbonyl (C=O) groups is 1. The van der Waals surface area contributed by atoms with Crippen LogP contribution in [0.3, 0.4) is 0 Å². The van der Waals surface area contributed by atoms with E-state index in [-0.39, 0.29) is 11.8 Å². The molecule has 0 saturated heterocycles. The lowest BCUT2D eigenvalue weighted by Crippen LogP contribution is -2.30. The van der Waals surface area contributed by atoms with Gasteiger partial charge in [-0.3, -0.25) is 9.89 Å². The lowest BCUT2D eigenvalue weighted by Gasteiger charge is -2.24. The van der Waals surface area contributed by atoms with Crippen LogP contribution in [0.15, 0.2) is 42.7 Å². The second-order valence-electron chi connectivity index (χ2n) is 6.39. The van der Waals surface area contributed by atoms with Gasteiger partial charge in [-0.25, -0.2) is 4.98 Å². The molecular weight excluding hydrogens is 314 g/mol. The topological polar surface area (TPSA) is 75.6 Å². The number of aromatic nitrogens is 4. The monoisotopic (exact) mass is 335 g/mol. The molecule has 3 aromatic rings. The average molecular weight is 335 g/mol. The van der Waals surface area contributed by atoms with Crippen LogP contribution in [0.4, 0.5) is 5.69 Å². The summed E-state index contributed by atoms with van der Waals surface area (Å²) >= 11 is 0. The van der Waals surface area contributed by atoms with Gasteiger partial charge in [0.15, 0.2) is 0 Å². The molecular formula is C19H21N5O. The molecule has 0 saturated carbocycles. The van der Waals surface area contributed by atoms with Crippen LogP contribution in [-0.2, 0) is 24.2 Å². The SMILES string of the molecule is CCc1[nH]ncc1NC(=O)C1CCn2c(cnc2-c2ccccc2)C1. The van der Waals surface area contributed by atoms with Crippen molar-refractivity contribution >= 4 is 11.6 Å². The minimum absolute atomic E-state index is 0.0348. The van der Waals surface area contributed by atoms with Crippen LogP contribution in [0.2, 0.25) is 0 Å². The van der Waals surface area contributed by atoms with Gasteiger partial charge in [-0.1, -0.05) is 37.3 Å². The fourth-order valence-electron chi connectivity index (χ4n) is 3.43. The maximum absolute atomic E-state index is 12.6. The molecule has 3 heterocycles. The Morgan fingerprint density at radius 1 is 1.32 bits per heavy atom. The number of imidazole rings is 1. The number of aryl methyl sites for hydroxylation is 1. The molecule has 1 aliphatic heterocycles. The first-order valence-corrected chi connectivity index (χ1v) is 8.69. The van der Waals surface area contributed by atoms with Crippen molar-refractivity contribution in [2.45, 2.75) is 32.7 Å². The van der Waals surface area contributed by atoms with Crippen LogP contribution in [0.5, 0.6) is 0 Å². The number of hydrogen-bond acceptors (Lipinski definition) is 3. The van der Waals surface area contributed by atoms with Gasteiger partial charge in [0.25, 0.3) is 0 Å². The zero-order valence-electron chi connectivity index (χ0n) is 14.2. The van der Waals surface area contributed by atoms with Crippen LogP contribution in [0.25, 0.3) is 11.4 Å². The molecule has 6 heteroatoms. The zero-order valence-corrected chi connectivity index (χ0v) is 14.2. The molecule has 1 amide bonds. The quantitative estimate of drug-likeness (QED) is 0.769. The van der Waals surface area contributed by atoms with E-state index >= 15 is 0 Å². The largest absolute Gasteiger partial charge is 0.328 e. The molecule has 6 nitrogen and oxygen atoms in total. The van der Waals surface area contributed by atoms with Crippen molar-refractivity contribution in [2.75, 3.05) is 5.32 Å². The molecule has 2 N–H and O–H groups in total. The van der Waals surface area contributed by atoms with Crippen molar-refractivity contribution in [3.8, 4) is 11.4 Å². The van der Waals surface area contributed by atoms with Gasteiger partial charge < -0.3 is 9.88 Å². The molecule has 1 aromatic carbocycles. The molecule has 0 fully saturated rings. The fraction of sp³-hybridized carbons (Fsp3) is 0.316. The maximum Gasteiger partial charge on any atom is 0.228 e. The highest BCUT2D eigenvalue weighted by Crippen LogP contribution is 2.28. The molecule has 1 aliphatic rings. The number of benzene rings is 1. The molecule has 0 radical (unpaired) electrons. The van der Waals surface area contributed by atoms with E-state index in [2.05, 4.69) is 37.2 Å². The average Bonchev–Trinajstić information content (AvgIpc) is 3.28. The van der Waals surface area contributed by atoms with Crippen molar-refractivity contribution in [1.82, 2.24) is 19.7 Å². The highest BCUT2D eigenvalue weighted by molar-refractivity contribution is 5.93. The van der Waals surface area contributed by atoms with Crippen LogP contribution in [-0.4, -0.2) is 25.7 Å². The molecule has 1 unspecified atom stereocenters. The first-order chi connectivity index (χ1) is 12.3. The lowest BCUT2D eigenvalue weighted by atomic mass is 9.95. The van der Waals surface area contributed by atoms with Gasteiger partial charge in [-0.2, -0.15) is 5.10 Å². The normalized spacial score (nSPS) is 16.4.